The van der Waals surface area contributed by atoms with Crippen molar-refractivity contribution in [2.75, 3.05) is 0 Å². The summed E-state index contributed by atoms with van der Waals surface area (Å²) in [6.07, 6.45) is 21.2. The molecule has 0 saturated heterocycles. The van der Waals surface area contributed by atoms with Crippen LogP contribution in [0.5, 0.6) is 0 Å². The second-order valence-corrected chi connectivity index (χ2v) is 21.2. The Labute approximate surface area is 485 Å². The van der Waals surface area contributed by atoms with E-state index < -0.39 is 11.2 Å². The first-order valence-corrected chi connectivity index (χ1v) is 27.5. The van der Waals surface area contributed by atoms with Gasteiger partial charge in [0.15, 0.2) is 0 Å². The molecular weight excluding hydrogens is 986 g/mol. The summed E-state index contributed by atoms with van der Waals surface area (Å²) in [6.45, 7) is 23.3. The Bertz CT molecular complexity index is 3070. The van der Waals surface area contributed by atoms with Crippen LogP contribution >= 0.6 is 0 Å². The fraction of sp³-hybridized carbons (Fsp3) is 0.377. The Balaban J connectivity index is 0.000000302. The van der Waals surface area contributed by atoms with E-state index in [0.29, 0.717) is 12.0 Å². The van der Waals surface area contributed by atoms with Crippen molar-refractivity contribution < 1.29 is 67.7 Å². The largest absolute Gasteiger partial charge is 1.00 e. The maximum absolute atomic E-state index is 14.5. The molecule has 0 unspecified atom stereocenters. The van der Waals surface area contributed by atoms with Crippen molar-refractivity contribution >= 4 is 24.5 Å². The molecule has 2 aliphatic carbocycles. The normalized spacial score (nSPS) is 14.5. The van der Waals surface area contributed by atoms with Crippen molar-refractivity contribution in [1.82, 2.24) is 0 Å². The molecule has 8 rings (SSSR count). The molecule has 0 radical (unpaired) electrons. The second-order valence-electron chi connectivity index (χ2n) is 21.2. The number of hydrogen-bond donors (Lipinski definition) is 2. The topological polar surface area (TPSA) is 109 Å². The first-order valence-electron chi connectivity index (χ1n) is 27.5. The number of rotatable bonds is 15. The van der Waals surface area contributed by atoms with E-state index in [-0.39, 0.29) is 64.3 Å². The average molecular weight is 1070 g/mol. The minimum atomic E-state index is -0.641. The summed E-state index contributed by atoms with van der Waals surface area (Å²) in [4.78, 5) is 32.5. The van der Waals surface area contributed by atoms with Crippen molar-refractivity contribution in [2.24, 2.45) is 0 Å². The molecule has 0 spiro atoms. The molecule has 9 heteroatoms. The molecule has 0 aromatic heterocycles. The standard InChI is InChI=1S/C34H41FO.C33H38FO.2CO2.Na/c1-6-26-11-12-28(23-32(26)35)31-16-15-30(22-25(31)5)34(7-2,8-3)29-14-13-27(24(4)21-29)17-20-33(36)18-9-10-19-33;1-6-33(7-2,28-13-12-26(24(4)20-28)16-19-32(35)17-8-9-18-32)29-14-15-30(25(5)21-29)27-11-10-23(3)31(34)22-27;2*2-1-3;/h11-17,20-23,36H,6-10,18-19H2,1-5H3;10-16,19-22,35H,3,6-9,17-18H2,1-2,4-5H3;;;/q;-1;;;+1/b20-17+;19-16+;;;. The van der Waals surface area contributed by atoms with Gasteiger partial charge in [0.05, 0.1) is 11.2 Å². The summed E-state index contributed by atoms with van der Waals surface area (Å²) < 4.78 is 28.6. The average Bonchev–Trinajstić information content (AvgIpc) is 4.12. The number of carbonyl (C=O) groups excluding carboxylic acids is 4. The number of benzene rings is 6. The van der Waals surface area contributed by atoms with Crippen LogP contribution in [0, 0.1) is 46.3 Å². The van der Waals surface area contributed by atoms with Gasteiger partial charge in [-0.15, -0.1) is 6.07 Å². The van der Waals surface area contributed by atoms with Crippen LogP contribution in [0.1, 0.15) is 178 Å². The van der Waals surface area contributed by atoms with Crippen LogP contribution in [0.25, 0.3) is 34.4 Å². The summed E-state index contributed by atoms with van der Waals surface area (Å²) >= 11 is 0. The van der Waals surface area contributed by atoms with Crippen molar-refractivity contribution in [3.63, 3.8) is 0 Å². The third-order valence-corrected chi connectivity index (χ3v) is 16.8. The molecule has 0 bridgehead atoms. The van der Waals surface area contributed by atoms with Crippen molar-refractivity contribution in [2.45, 2.75) is 168 Å². The fourth-order valence-corrected chi connectivity index (χ4v) is 11.9. The monoisotopic (exact) mass is 1060 g/mol. The van der Waals surface area contributed by atoms with Gasteiger partial charge < -0.3 is 10.2 Å². The molecule has 6 nitrogen and oxygen atoms in total. The molecule has 0 amide bonds. The van der Waals surface area contributed by atoms with Crippen molar-refractivity contribution in [3.05, 3.63) is 207 Å². The summed E-state index contributed by atoms with van der Waals surface area (Å²) in [6, 6.07) is 37.8. The molecule has 2 N–H and O–H groups in total. The predicted molar refractivity (Wildman–Crippen MR) is 307 cm³/mol. The molecule has 406 valence electrons. The van der Waals surface area contributed by atoms with Gasteiger partial charge in [0.1, 0.15) is 5.82 Å². The van der Waals surface area contributed by atoms with E-state index >= 15 is 0 Å². The molecular formula is C69H79F2NaO6. The molecule has 0 heterocycles. The van der Waals surface area contributed by atoms with E-state index in [1.807, 2.05) is 37.3 Å². The van der Waals surface area contributed by atoms with Crippen LogP contribution in [-0.2, 0) is 36.4 Å². The summed E-state index contributed by atoms with van der Waals surface area (Å²) in [5, 5.41) is 21.4. The van der Waals surface area contributed by atoms with Crippen molar-refractivity contribution in [1.29, 1.82) is 0 Å². The van der Waals surface area contributed by atoms with Gasteiger partial charge in [0.25, 0.3) is 0 Å². The third-order valence-electron chi connectivity index (χ3n) is 16.8. The van der Waals surface area contributed by atoms with Gasteiger partial charge in [-0.3, -0.25) is 4.39 Å². The van der Waals surface area contributed by atoms with Gasteiger partial charge in [-0.05, 0) is 175 Å². The van der Waals surface area contributed by atoms with E-state index in [1.54, 1.807) is 18.2 Å². The predicted octanol–water partition coefficient (Wildman–Crippen LogP) is 13.6. The zero-order valence-corrected chi connectivity index (χ0v) is 49.9. The van der Waals surface area contributed by atoms with Crippen molar-refractivity contribution in [3.8, 4) is 22.3 Å². The van der Waals surface area contributed by atoms with E-state index in [4.69, 9.17) is 19.2 Å². The van der Waals surface area contributed by atoms with Gasteiger partial charge >= 0.3 is 41.9 Å². The number of aliphatic hydroxyl groups is 2. The van der Waals surface area contributed by atoms with E-state index in [0.717, 1.165) is 116 Å². The molecule has 78 heavy (non-hydrogen) atoms. The minimum Gasteiger partial charge on any atom is -0.386 e. The van der Waals surface area contributed by atoms with Crippen LogP contribution in [-0.4, -0.2) is 33.7 Å². The number of hydrogen-bond acceptors (Lipinski definition) is 6. The Morgan fingerprint density at radius 2 is 0.833 bits per heavy atom. The molecule has 2 aliphatic rings. The van der Waals surface area contributed by atoms with Crippen LogP contribution in [0.2, 0.25) is 0 Å². The first-order chi connectivity index (χ1) is 36.8. The number of halogens is 2. The van der Waals surface area contributed by atoms with E-state index in [2.05, 4.69) is 147 Å². The van der Waals surface area contributed by atoms with Gasteiger partial charge in [-0.1, -0.05) is 176 Å². The number of aryl methyl sites for hydroxylation is 5. The Morgan fingerprint density at radius 1 is 0.500 bits per heavy atom. The van der Waals surface area contributed by atoms with Gasteiger partial charge in [0.2, 0.25) is 0 Å². The van der Waals surface area contributed by atoms with Gasteiger partial charge in [0, 0.05) is 16.6 Å². The first kappa shape index (κ1) is 64.7. The fourth-order valence-electron chi connectivity index (χ4n) is 11.9. The molecule has 0 aliphatic heterocycles. The van der Waals surface area contributed by atoms with Gasteiger partial charge in [-0.2, -0.15) is 37.7 Å². The Hall–Kier alpha value is -5.79. The zero-order valence-electron chi connectivity index (χ0n) is 47.9. The third kappa shape index (κ3) is 15.3. The minimum absolute atomic E-state index is 0. The van der Waals surface area contributed by atoms with Crippen LogP contribution in [0.4, 0.5) is 8.78 Å². The van der Waals surface area contributed by atoms with Crippen LogP contribution in [0.15, 0.2) is 121 Å². The maximum atomic E-state index is 14.5. The smallest absolute Gasteiger partial charge is 0.386 e. The van der Waals surface area contributed by atoms with E-state index in [1.165, 1.54) is 44.5 Å². The van der Waals surface area contributed by atoms with Crippen LogP contribution < -0.4 is 29.6 Å². The molecule has 0 atom stereocenters. The summed E-state index contributed by atoms with van der Waals surface area (Å²) in [5.41, 5.74) is 16.0. The van der Waals surface area contributed by atoms with E-state index in [9.17, 15) is 19.0 Å². The Morgan fingerprint density at radius 3 is 1.14 bits per heavy atom. The molecule has 6 aromatic carbocycles. The molecule has 6 aromatic rings. The maximum Gasteiger partial charge on any atom is 1.00 e. The van der Waals surface area contributed by atoms with Gasteiger partial charge in [-0.25, -0.2) is 4.39 Å². The summed E-state index contributed by atoms with van der Waals surface area (Å²) in [5.74, 6) is -0.397. The molecule has 2 saturated carbocycles. The SMILES string of the molecule is CCc1ccc(-c2ccc(C(CC)(CC)c3ccc(/C=C/C4(O)CCCC4)c(C)c3)cc2C)cc1F.O=C=O.O=C=O.[CH2-]c1ccc(-c2ccc(C(CC)(CC)c3ccc(/C=C/C4(O)CCCC4)c(C)c3)cc2C)cc1F.[Na+]. The Kier molecular flexibility index (Phi) is 24.4. The van der Waals surface area contributed by atoms with Crippen LogP contribution in [0.3, 0.4) is 0 Å². The zero-order chi connectivity index (χ0) is 56.6. The second kappa shape index (κ2) is 29.4. The molecule has 2 fully saturated rings. The quantitative estimate of drug-likeness (QED) is 0.0783. The summed E-state index contributed by atoms with van der Waals surface area (Å²) in [7, 11) is 0.